The molecule has 9 nitrogen and oxygen atoms in total. The van der Waals surface area contributed by atoms with Crippen LogP contribution in [0.25, 0.3) is 5.69 Å². The van der Waals surface area contributed by atoms with Gasteiger partial charge in [-0.15, -0.1) is 5.10 Å². The highest BCUT2D eigenvalue weighted by molar-refractivity contribution is 7.88. The first kappa shape index (κ1) is 26.1. The van der Waals surface area contributed by atoms with E-state index in [0.29, 0.717) is 11.6 Å². The van der Waals surface area contributed by atoms with Gasteiger partial charge in [0.15, 0.2) is 5.82 Å². The van der Waals surface area contributed by atoms with Crippen LogP contribution in [0, 0.1) is 17.0 Å². The van der Waals surface area contributed by atoms with Crippen LogP contribution in [0.1, 0.15) is 25.3 Å². The number of benzene rings is 2. The fourth-order valence-electron chi connectivity index (χ4n) is 4.46. The molecule has 0 bridgehead atoms. The molecule has 2 aliphatic rings. The highest BCUT2D eigenvalue weighted by atomic mass is 32.2. The van der Waals surface area contributed by atoms with Crippen molar-refractivity contribution in [2.24, 2.45) is 5.41 Å². The predicted octanol–water partition coefficient (Wildman–Crippen LogP) is 2.92. The molecule has 2 heterocycles. The van der Waals surface area contributed by atoms with Crippen LogP contribution in [-0.4, -0.2) is 55.3 Å². The van der Waals surface area contributed by atoms with Crippen LogP contribution in [0.3, 0.4) is 0 Å². The number of piperazine rings is 1. The number of halogens is 2. The Hall–Kier alpha value is -3.51. The average Bonchev–Trinajstić information content (AvgIpc) is 3.61. The smallest absolute Gasteiger partial charge is 0.316 e. The SMILES string of the molecule is CC1(COc2c(N3CCN(S(=O)(=O)Cc4ccccc4)CC3)c(N)nn(-c3cc(F)cc(F)c3)c2=O)CC1. The Morgan fingerprint density at radius 1 is 1.03 bits per heavy atom. The zero-order chi connectivity index (χ0) is 27.1. The zero-order valence-electron chi connectivity index (χ0n) is 20.9. The summed E-state index contributed by atoms with van der Waals surface area (Å²) in [5, 5.41) is 4.14. The second-order valence-electron chi connectivity index (χ2n) is 10.1. The highest BCUT2D eigenvalue weighted by Crippen LogP contribution is 2.45. The minimum Gasteiger partial charge on any atom is -0.486 e. The van der Waals surface area contributed by atoms with Gasteiger partial charge < -0.3 is 15.4 Å². The Bertz CT molecular complexity index is 1480. The largest absolute Gasteiger partial charge is 0.486 e. The molecule has 2 N–H and O–H groups in total. The van der Waals surface area contributed by atoms with E-state index in [0.717, 1.165) is 29.7 Å². The molecule has 1 aromatic heterocycles. The van der Waals surface area contributed by atoms with Crippen LogP contribution in [0.4, 0.5) is 20.3 Å². The van der Waals surface area contributed by atoms with E-state index in [1.54, 1.807) is 29.2 Å². The number of anilines is 2. The molecule has 0 radical (unpaired) electrons. The quantitative estimate of drug-likeness (QED) is 0.463. The van der Waals surface area contributed by atoms with E-state index in [1.165, 1.54) is 4.31 Å². The van der Waals surface area contributed by atoms with Gasteiger partial charge in [0.25, 0.3) is 0 Å². The minimum atomic E-state index is -3.55. The van der Waals surface area contributed by atoms with Gasteiger partial charge in [-0.05, 0) is 30.5 Å². The second kappa shape index (κ2) is 9.99. The fourth-order valence-corrected chi connectivity index (χ4v) is 5.97. The summed E-state index contributed by atoms with van der Waals surface area (Å²) < 4.78 is 62.0. The van der Waals surface area contributed by atoms with Crippen molar-refractivity contribution in [1.29, 1.82) is 0 Å². The number of ether oxygens (including phenoxy) is 1. The van der Waals surface area contributed by atoms with Gasteiger partial charge in [-0.25, -0.2) is 17.2 Å². The lowest BCUT2D eigenvalue weighted by Crippen LogP contribution is -2.49. The standard InChI is InChI=1S/C26H29F2N5O4S/c1-26(7-8-26)17-37-23-22(24(29)30-33(25(23)34)21-14-19(27)13-20(28)15-21)31-9-11-32(12-10-31)38(35,36)16-18-5-3-2-4-6-18/h2-6,13-15H,7-12,16-17H2,1H3,(H2,29,30). The van der Waals surface area contributed by atoms with Gasteiger partial charge in [-0.3, -0.25) is 4.79 Å². The molecule has 0 unspecified atom stereocenters. The van der Waals surface area contributed by atoms with Crippen molar-refractivity contribution in [3.63, 3.8) is 0 Å². The van der Waals surface area contributed by atoms with Gasteiger partial charge in [-0.2, -0.15) is 8.99 Å². The van der Waals surface area contributed by atoms with Crippen molar-refractivity contribution in [1.82, 2.24) is 14.1 Å². The summed E-state index contributed by atoms with van der Waals surface area (Å²) in [6.45, 7) is 3.18. The number of hydrogen-bond acceptors (Lipinski definition) is 7. The fraction of sp³-hybridized carbons (Fsp3) is 0.385. The third-order valence-electron chi connectivity index (χ3n) is 6.95. The molecule has 3 aromatic rings. The third kappa shape index (κ3) is 5.51. The lowest BCUT2D eigenvalue weighted by molar-refractivity contribution is 0.243. The van der Waals surface area contributed by atoms with E-state index in [-0.39, 0.29) is 66.9 Å². The van der Waals surface area contributed by atoms with Gasteiger partial charge in [0.05, 0.1) is 18.0 Å². The number of hydrogen-bond donors (Lipinski definition) is 1. The summed E-state index contributed by atoms with van der Waals surface area (Å²) in [5.41, 5.74) is 6.36. The van der Waals surface area contributed by atoms with Crippen LogP contribution in [0.15, 0.2) is 53.3 Å². The highest BCUT2D eigenvalue weighted by Gasteiger charge is 2.39. The summed E-state index contributed by atoms with van der Waals surface area (Å²) >= 11 is 0. The first-order chi connectivity index (χ1) is 18.0. The Balaban J connectivity index is 1.43. The number of aromatic nitrogens is 2. The molecule has 0 amide bonds. The van der Waals surface area contributed by atoms with Crippen LogP contribution in [0.2, 0.25) is 0 Å². The first-order valence-corrected chi connectivity index (χ1v) is 13.9. The third-order valence-corrected chi connectivity index (χ3v) is 8.80. The molecule has 202 valence electrons. The first-order valence-electron chi connectivity index (χ1n) is 12.3. The summed E-state index contributed by atoms with van der Waals surface area (Å²) in [7, 11) is -3.55. The van der Waals surface area contributed by atoms with E-state index >= 15 is 0 Å². The second-order valence-corrected chi connectivity index (χ2v) is 12.1. The predicted molar refractivity (Wildman–Crippen MR) is 140 cm³/mol. The van der Waals surface area contributed by atoms with Crippen LogP contribution in [-0.2, 0) is 15.8 Å². The van der Waals surface area contributed by atoms with Gasteiger partial charge in [0.2, 0.25) is 15.8 Å². The van der Waals surface area contributed by atoms with Crippen molar-refractivity contribution < 1.29 is 21.9 Å². The van der Waals surface area contributed by atoms with E-state index in [4.69, 9.17) is 10.5 Å². The summed E-state index contributed by atoms with van der Waals surface area (Å²) in [4.78, 5) is 15.3. The van der Waals surface area contributed by atoms with Gasteiger partial charge >= 0.3 is 5.56 Å². The summed E-state index contributed by atoms with van der Waals surface area (Å²) in [5.74, 6) is -1.97. The van der Waals surface area contributed by atoms with Crippen LogP contribution in [0.5, 0.6) is 5.75 Å². The zero-order valence-corrected chi connectivity index (χ0v) is 21.8. The summed E-state index contributed by atoms with van der Waals surface area (Å²) in [6, 6.07) is 11.6. The van der Waals surface area contributed by atoms with E-state index in [2.05, 4.69) is 5.10 Å². The van der Waals surface area contributed by atoms with E-state index in [1.807, 2.05) is 13.0 Å². The number of nitrogens with zero attached hydrogens (tertiary/aromatic N) is 4. The lowest BCUT2D eigenvalue weighted by Gasteiger charge is -2.36. The Morgan fingerprint density at radius 2 is 1.66 bits per heavy atom. The molecule has 2 fully saturated rings. The normalized spacial score (nSPS) is 17.4. The van der Waals surface area contributed by atoms with E-state index in [9.17, 15) is 22.0 Å². The maximum absolute atomic E-state index is 13.9. The van der Waals surface area contributed by atoms with Gasteiger partial charge in [-0.1, -0.05) is 37.3 Å². The monoisotopic (exact) mass is 545 g/mol. The molecular weight excluding hydrogens is 516 g/mol. The molecule has 5 rings (SSSR count). The molecule has 1 saturated carbocycles. The number of nitrogen functional groups attached to an aromatic ring is 1. The number of nitrogens with two attached hydrogens (primary N) is 1. The Kier molecular flexibility index (Phi) is 6.86. The average molecular weight is 546 g/mol. The molecular formula is C26H29F2N5O4S. The molecule has 38 heavy (non-hydrogen) atoms. The lowest BCUT2D eigenvalue weighted by atomic mass is 10.2. The molecule has 1 aliphatic heterocycles. The van der Waals surface area contributed by atoms with Crippen molar-refractivity contribution >= 4 is 21.5 Å². The van der Waals surface area contributed by atoms with Gasteiger partial charge in [0, 0.05) is 37.7 Å². The maximum atomic E-state index is 13.9. The van der Waals surface area contributed by atoms with E-state index < -0.39 is 27.2 Å². The van der Waals surface area contributed by atoms with Crippen molar-refractivity contribution in [2.75, 3.05) is 43.4 Å². The van der Waals surface area contributed by atoms with Crippen LogP contribution < -0.4 is 20.9 Å². The maximum Gasteiger partial charge on any atom is 0.316 e. The van der Waals surface area contributed by atoms with Crippen molar-refractivity contribution in [2.45, 2.75) is 25.5 Å². The molecule has 0 spiro atoms. The molecule has 2 aromatic carbocycles. The van der Waals surface area contributed by atoms with Crippen LogP contribution >= 0.6 is 0 Å². The summed E-state index contributed by atoms with van der Waals surface area (Å²) in [6.07, 6.45) is 1.90. The topological polar surface area (TPSA) is 111 Å². The number of rotatable bonds is 8. The molecule has 1 aliphatic carbocycles. The minimum absolute atomic E-state index is 0.0641. The van der Waals surface area contributed by atoms with Crippen molar-refractivity contribution in [3.05, 3.63) is 76.1 Å². The molecule has 1 saturated heterocycles. The number of sulfonamides is 1. The Labute approximate surface area is 219 Å². The van der Waals surface area contributed by atoms with Crippen molar-refractivity contribution in [3.8, 4) is 11.4 Å². The molecule has 12 heteroatoms. The molecule has 0 atom stereocenters. The van der Waals surface area contributed by atoms with Gasteiger partial charge in [0.1, 0.15) is 17.3 Å². The Morgan fingerprint density at radius 3 is 2.26 bits per heavy atom.